The van der Waals surface area contributed by atoms with Crippen molar-refractivity contribution in [2.75, 3.05) is 32.6 Å². The fourth-order valence-electron chi connectivity index (χ4n) is 2.83. The van der Waals surface area contributed by atoms with Crippen LogP contribution in [0.2, 0.25) is 0 Å². The number of benzene rings is 1. The molecule has 1 amide bonds. The molecule has 1 spiro atoms. The van der Waals surface area contributed by atoms with Gasteiger partial charge in [0.25, 0.3) is 5.91 Å². The van der Waals surface area contributed by atoms with Crippen LogP contribution in [0.3, 0.4) is 0 Å². The highest BCUT2D eigenvalue weighted by molar-refractivity contribution is 7.98. The Labute approximate surface area is 123 Å². The van der Waals surface area contributed by atoms with Crippen LogP contribution in [0.25, 0.3) is 0 Å². The molecule has 0 radical (unpaired) electrons. The van der Waals surface area contributed by atoms with E-state index in [1.54, 1.807) is 11.8 Å². The molecule has 0 saturated carbocycles. The molecule has 5 heteroatoms. The molecule has 2 fully saturated rings. The van der Waals surface area contributed by atoms with Crippen molar-refractivity contribution in [1.29, 1.82) is 0 Å². The number of ether oxygens (including phenoxy) is 2. The summed E-state index contributed by atoms with van der Waals surface area (Å²) in [4.78, 5) is 15.6. The highest BCUT2D eigenvalue weighted by atomic mass is 32.2. The standard InChI is InChI=1S/C15H19NO3S/c1-20-13-5-3-2-4-12(13)14(17)16-8-6-15(7-9-16)18-10-11-19-15/h2-5H,6-11H2,1H3. The van der Waals surface area contributed by atoms with Gasteiger partial charge in [-0.3, -0.25) is 4.79 Å². The lowest BCUT2D eigenvalue weighted by atomic mass is 10.0. The molecule has 2 aliphatic heterocycles. The zero-order valence-corrected chi connectivity index (χ0v) is 12.4. The van der Waals surface area contributed by atoms with Gasteiger partial charge >= 0.3 is 0 Å². The first-order chi connectivity index (χ1) is 9.74. The summed E-state index contributed by atoms with van der Waals surface area (Å²) in [6, 6.07) is 7.78. The Morgan fingerprint density at radius 3 is 2.50 bits per heavy atom. The number of hydrogen-bond donors (Lipinski definition) is 0. The maximum Gasteiger partial charge on any atom is 0.254 e. The molecule has 0 aliphatic carbocycles. The Balaban J connectivity index is 1.70. The smallest absolute Gasteiger partial charge is 0.254 e. The molecule has 0 bridgehead atoms. The van der Waals surface area contributed by atoms with E-state index in [-0.39, 0.29) is 5.91 Å². The van der Waals surface area contributed by atoms with Crippen molar-refractivity contribution >= 4 is 17.7 Å². The van der Waals surface area contributed by atoms with E-state index in [2.05, 4.69) is 0 Å². The van der Waals surface area contributed by atoms with Crippen LogP contribution in [-0.4, -0.2) is 49.2 Å². The molecule has 2 aliphatic rings. The lowest BCUT2D eigenvalue weighted by Crippen LogP contribution is -2.47. The Kier molecular flexibility index (Phi) is 4.01. The van der Waals surface area contributed by atoms with E-state index in [0.29, 0.717) is 26.3 Å². The number of piperidine rings is 1. The largest absolute Gasteiger partial charge is 0.347 e. The minimum Gasteiger partial charge on any atom is -0.347 e. The molecule has 0 aromatic heterocycles. The number of hydrogen-bond acceptors (Lipinski definition) is 4. The lowest BCUT2D eigenvalue weighted by Gasteiger charge is -2.37. The Morgan fingerprint density at radius 2 is 1.85 bits per heavy atom. The predicted molar refractivity (Wildman–Crippen MR) is 78.0 cm³/mol. The van der Waals surface area contributed by atoms with Crippen LogP contribution in [0.1, 0.15) is 23.2 Å². The molecule has 4 nitrogen and oxygen atoms in total. The monoisotopic (exact) mass is 293 g/mol. The minimum absolute atomic E-state index is 0.114. The van der Waals surface area contributed by atoms with E-state index >= 15 is 0 Å². The SMILES string of the molecule is CSc1ccccc1C(=O)N1CCC2(CC1)OCCO2. The summed E-state index contributed by atoms with van der Waals surface area (Å²) in [7, 11) is 0. The molecule has 0 unspecified atom stereocenters. The van der Waals surface area contributed by atoms with Gasteiger partial charge in [-0.1, -0.05) is 12.1 Å². The fourth-order valence-corrected chi connectivity index (χ4v) is 3.42. The first-order valence-electron chi connectivity index (χ1n) is 6.94. The molecule has 1 aromatic carbocycles. The molecule has 0 atom stereocenters. The maximum absolute atomic E-state index is 12.6. The summed E-state index contributed by atoms with van der Waals surface area (Å²) in [5, 5.41) is 0. The Hall–Kier alpha value is -1.04. The van der Waals surface area contributed by atoms with Gasteiger partial charge in [-0.2, -0.15) is 0 Å². The van der Waals surface area contributed by atoms with E-state index in [9.17, 15) is 4.79 Å². The van der Waals surface area contributed by atoms with Crippen molar-refractivity contribution in [3.63, 3.8) is 0 Å². The van der Waals surface area contributed by atoms with Crippen molar-refractivity contribution < 1.29 is 14.3 Å². The summed E-state index contributed by atoms with van der Waals surface area (Å²) < 4.78 is 11.4. The van der Waals surface area contributed by atoms with Gasteiger partial charge in [-0.25, -0.2) is 0 Å². The molecule has 108 valence electrons. The van der Waals surface area contributed by atoms with Gasteiger partial charge < -0.3 is 14.4 Å². The first kappa shape index (κ1) is 13.9. The molecular weight excluding hydrogens is 274 g/mol. The van der Waals surface area contributed by atoms with Crippen LogP contribution in [0.4, 0.5) is 0 Å². The minimum atomic E-state index is -0.421. The average molecular weight is 293 g/mol. The second kappa shape index (κ2) is 5.76. The quantitative estimate of drug-likeness (QED) is 0.785. The van der Waals surface area contributed by atoms with Crippen LogP contribution in [0, 0.1) is 0 Å². The van der Waals surface area contributed by atoms with Crippen molar-refractivity contribution in [3.05, 3.63) is 29.8 Å². The predicted octanol–water partition coefficient (Wildman–Crippen LogP) is 2.39. The van der Waals surface area contributed by atoms with Crippen molar-refractivity contribution in [3.8, 4) is 0 Å². The summed E-state index contributed by atoms with van der Waals surface area (Å²) in [5.74, 6) is -0.307. The summed E-state index contributed by atoms with van der Waals surface area (Å²) >= 11 is 1.61. The van der Waals surface area contributed by atoms with Crippen LogP contribution in [0.5, 0.6) is 0 Å². The van der Waals surface area contributed by atoms with Crippen molar-refractivity contribution in [1.82, 2.24) is 4.90 Å². The molecule has 2 saturated heterocycles. The summed E-state index contributed by atoms with van der Waals surface area (Å²) in [6.45, 7) is 2.73. The number of likely N-dealkylation sites (tertiary alicyclic amines) is 1. The number of rotatable bonds is 2. The maximum atomic E-state index is 12.6. The number of nitrogens with zero attached hydrogens (tertiary/aromatic N) is 1. The number of carbonyl (C=O) groups excluding carboxylic acids is 1. The molecule has 2 heterocycles. The highest BCUT2D eigenvalue weighted by Crippen LogP contribution is 2.32. The number of amides is 1. The summed E-state index contributed by atoms with van der Waals surface area (Å²) in [6.07, 6.45) is 3.53. The highest BCUT2D eigenvalue weighted by Gasteiger charge is 2.40. The van der Waals surface area contributed by atoms with Crippen LogP contribution in [-0.2, 0) is 9.47 Å². The zero-order valence-electron chi connectivity index (χ0n) is 11.6. The molecular formula is C15H19NO3S. The second-order valence-corrected chi connectivity index (χ2v) is 5.95. The Morgan fingerprint density at radius 1 is 1.20 bits per heavy atom. The van der Waals surface area contributed by atoms with Gasteiger partial charge in [0.15, 0.2) is 5.79 Å². The van der Waals surface area contributed by atoms with E-state index in [1.807, 2.05) is 35.4 Å². The molecule has 1 aromatic rings. The van der Waals surface area contributed by atoms with Gasteiger partial charge in [0.05, 0.1) is 18.8 Å². The first-order valence-corrected chi connectivity index (χ1v) is 8.17. The van der Waals surface area contributed by atoms with Crippen molar-refractivity contribution in [2.24, 2.45) is 0 Å². The van der Waals surface area contributed by atoms with Crippen LogP contribution < -0.4 is 0 Å². The lowest BCUT2D eigenvalue weighted by molar-refractivity contribution is -0.181. The third-order valence-corrected chi connectivity index (χ3v) is 4.76. The van der Waals surface area contributed by atoms with Gasteiger partial charge in [-0.05, 0) is 18.4 Å². The second-order valence-electron chi connectivity index (χ2n) is 5.10. The van der Waals surface area contributed by atoms with E-state index in [0.717, 1.165) is 23.3 Å². The Bertz CT molecular complexity index is 490. The molecule has 3 rings (SSSR count). The average Bonchev–Trinajstić information content (AvgIpc) is 2.95. The van der Waals surface area contributed by atoms with E-state index < -0.39 is 5.79 Å². The van der Waals surface area contributed by atoms with Gasteiger partial charge in [-0.15, -0.1) is 11.8 Å². The van der Waals surface area contributed by atoms with Gasteiger partial charge in [0.2, 0.25) is 0 Å². The molecule has 20 heavy (non-hydrogen) atoms. The van der Waals surface area contributed by atoms with Gasteiger partial charge in [0.1, 0.15) is 0 Å². The third-order valence-electron chi connectivity index (χ3n) is 3.96. The topological polar surface area (TPSA) is 38.8 Å². The number of carbonyl (C=O) groups is 1. The zero-order chi connectivity index (χ0) is 14.0. The molecule has 0 N–H and O–H groups in total. The third kappa shape index (κ3) is 2.57. The van der Waals surface area contributed by atoms with Gasteiger partial charge in [0, 0.05) is 30.8 Å². The van der Waals surface area contributed by atoms with Crippen LogP contribution >= 0.6 is 11.8 Å². The van der Waals surface area contributed by atoms with Crippen LogP contribution in [0.15, 0.2) is 29.2 Å². The fraction of sp³-hybridized carbons (Fsp3) is 0.533. The van der Waals surface area contributed by atoms with Crippen molar-refractivity contribution in [2.45, 2.75) is 23.5 Å². The van der Waals surface area contributed by atoms with E-state index in [1.165, 1.54) is 0 Å². The number of thioether (sulfide) groups is 1. The normalized spacial score (nSPS) is 21.4. The summed E-state index contributed by atoms with van der Waals surface area (Å²) in [5.41, 5.74) is 0.796. The van der Waals surface area contributed by atoms with E-state index in [4.69, 9.17) is 9.47 Å².